The van der Waals surface area contributed by atoms with Crippen LogP contribution in [0.1, 0.15) is 5.56 Å². The summed E-state index contributed by atoms with van der Waals surface area (Å²) in [6, 6.07) is 11.6. The first-order valence-electron chi connectivity index (χ1n) is 6.70. The third-order valence-corrected chi connectivity index (χ3v) is 3.86. The Kier molecular flexibility index (Phi) is 6.09. The summed E-state index contributed by atoms with van der Waals surface area (Å²) in [5.74, 6) is 1.24. The smallest absolute Gasteiger partial charge is 0.230 e. The minimum atomic E-state index is 0.0340. The number of thioether (sulfide) groups is 1. The van der Waals surface area contributed by atoms with Crippen molar-refractivity contribution in [1.82, 2.24) is 10.3 Å². The van der Waals surface area contributed by atoms with Gasteiger partial charge in [-0.15, -0.1) is 11.8 Å². The second-order valence-corrected chi connectivity index (χ2v) is 5.48. The molecule has 0 unspecified atom stereocenters. The largest absolute Gasteiger partial charge is 0.497 e. The molecule has 0 spiro atoms. The number of nitrogens with zero attached hydrogens (tertiary/aromatic N) is 1. The maximum Gasteiger partial charge on any atom is 0.230 e. The van der Waals surface area contributed by atoms with Gasteiger partial charge in [0.1, 0.15) is 5.75 Å². The Bertz CT molecular complexity index is 575. The fraction of sp³-hybridized carbons (Fsp3) is 0.250. The molecule has 1 N–H and O–H groups in total. The van der Waals surface area contributed by atoms with Crippen molar-refractivity contribution in [1.29, 1.82) is 0 Å². The summed E-state index contributed by atoms with van der Waals surface area (Å²) in [5, 5.41) is 2.91. The van der Waals surface area contributed by atoms with Crippen molar-refractivity contribution in [2.45, 2.75) is 11.3 Å². The third kappa shape index (κ3) is 5.47. The van der Waals surface area contributed by atoms with Gasteiger partial charge in [0.15, 0.2) is 0 Å². The monoisotopic (exact) mass is 302 g/mol. The van der Waals surface area contributed by atoms with Gasteiger partial charge in [-0.05, 0) is 36.2 Å². The second kappa shape index (κ2) is 8.32. The average molecular weight is 302 g/mol. The van der Waals surface area contributed by atoms with E-state index in [1.807, 2.05) is 42.6 Å². The normalized spacial score (nSPS) is 10.1. The van der Waals surface area contributed by atoms with Gasteiger partial charge in [0.2, 0.25) is 5.91 Å². The first kappa shape index (κ1) is 15.4. The molecule has 0 saturated heterocycles. The number of pyridine rings is 1. The van der Waals surface area contributed by atoms with Crippen LogP contribution in [0, 0.1) is 0 Å². The van der Waals surface area contributed by atoms with E-state index in [0.29, 0.717) is 12.3 Å². The summed E-state index contributed by atoms with van der Waals surface area (Å²) in [4.78, 5) is 16.9. The zero-order valence-corrected chi connectivity index (χ0v) is 12.7. The van der Waals surface area contributed by atoms with Crippen molar-refractivity contribution >= 4 is 17.7 Å². The van der Waals surface area contributed by atoms with Crippen LogP contribution in [0.4, 0.5) is 0 Å². The molecule has 2 aromatic rings. The number of hydrogen-bond donors (Lipinski definition) is 1. The van der Waals surface area contributed by atoms with Crippen LogP contribution in [0.15, 0.2) is 53.7 Å². The Morgan fingerprint density at radius 3 is 3.00 bits per heavy atom. The first-order chi connectivity index (χ1) is 10.3. The van der Waals surface area contributed by atoms with Gasteiger partial charge in [-0.25, -0.2) is 0 Å². The molecule has 1 aromatic carbocycles. The van der Waals surface area contributed by atoms with E-state index in [2.05, 4.69) is 10.3 Å². The van der Waals surface area contributed by atoms with Crippen molar-refractivity contribution in [3.8, 4) is 5.75 Å². The molecule has 0 aliphatic heterocycles. The van der Waals surface area contributed by atoms with Crippen molar-refractivity contribution in [2.75, 3.05) is 19.4 Å². The molecule has 21 heavy (non-hydrogen) atoms. The Morgan fingerprint density at radius 2 is 2.24 bits per heavy atom. The average Bonchev–Trinajstić information content (AvgIpc) is 2.54. The van der Waals surface area contributed by atoms with Crippen LogP contribution < -0.4 is 10.1 Å². The van der Waals surface area contributed by atoms with Crippen LogP contribution >= 0.6 is 11.8 Å². The summed E-state index contributed by atoms with van der Waals surface area (Å²) in [5.41, 5.74) is 1.12. The van der Waals surface area contributed by atoms with E-state index in [9.17, 15) is 4.79 Å². The van der Waals surface area contributed by atoms with Gasteiger partial charge >= 0.3 is 0 Å². The fourth-order valence-electron chi connectivity index (χ4n) is 1.78. The standard InChI is InChI=1S/C16H18N2O2S/c1-20-14-5-2-6-15(10-14)21-12-16(19)18-9-7-13-4-3-8-17-11-13/h2-6,8,10-11H,7,9,12H2,1H3,(H,18,19). The number of carbonyl (C=O) groups is 1. The van der Waals surface area contributed by atoms with Crippen molar-refractivity contribution in [3.63, 3.8) is 0 Å². The van der Waals surface area contributed by atoms with E-state index < -0.39 is 0 Å². The van der Waals surface area contributed by atoms with Gasteiger partial charge in [0, 0.05) is 23.8 Å². The van der Waals surface area contributed by atoms with E-state index in [1.165, 1.54) is 11.8 Å². The van der Waals surface area contributed by atoms with Crippen LogP contribution in [0.5, 0.6) is 5.75 Å². The fourth-order valence-corrected chi connectivity index (χ4v) is 2.56. The Hall–Kier alpha value is -2.01. The summed E-state index contributed by atoms with van der Waals surface area (Å²) in [6.07, 6.45) is 4.35. The maximum atomic E-state index is 11.8. The zero-order valence-electron chi connectivity index (χ0n) is 11.9. The number of amides is 1. The molecule has 1 heterocycles. The molecular formula is C16H18N2O2S. The number of benzene rings is 1. The lowest BCUT2D eigenvalue weighted by Crippen LogP contribution is -2.27. The number of rotatable bonds is 7. The highest BCUT2D eigenvalue weighted by Crippen LogP contribution is 2.22. The van der Waals surface area contributed by atoms with Crippen LogP contribution in [0.25, 0.3) is 0 Å². The first-order valence-corrected chi connectivity index (χ1v) is 7.69. The molecule has 5 heteroatoms. The number of carbonyl (C=O) groups excluding carboxylic acids is 1. The molecular weight excluding hydrogens is 284 g/mol. The van der Waals surface area contributed by atoms with Gasteiger partial charge in [-0.2, -0.15) is 0 Å². The summed E-state index contributed by atoms with van der Waals surface area (Å²) in [6.45, 7) is 0.628. The molecule has 110 valence electrons. The molecule has 0 bridgehead atoms. The van der Waals surface area contributed by atoms with Crippen LogP contribution in [-0.4, -0.2) is 30.3 Å². The maximum absolute atomic E-state index is 11.8. The SMILES string of the molecule is COc1cccc(SCC(=O)NCCc2cccnc2)c1. The molecule has 4 nitrogen and oxygen atoms in total. The Labute approximate surface area is 128 Å². The third-order valence-electron chi connectivity index (χ3n) is 2.87. The molecule has 0 atom stereocenters. The van der Waals surface area contributed by atoms with Gasteiger partial charge in [0.25, 0.3) is 0 Å². The molecule has 1 aromatic heterocycles. The molecule has 2 rings (SSSR count). The van der Waals surface area contributed by atoms with E-state index in [4.69, 9.17) is 4.74 Å². The van der Waals surface area contributed by atoms with Gasteiger partial charge in [0.05, 0.1) is 12.9 Å². The predicted molar refractivity (Wildman–Crippen MR) is 84.7 cm³/mol. The Morgan fingerprint density at radius 1 is 1.33 bits per heavy atom. The van der Waals surface area contributed by atoms with E-state index >= 15 is 0 Å². The number of hydrogen-bond acceptors (Lipinski definition) is 4. The highest BCUT2D eigenvalue weighted by atomic mass is 32.2. The van der Waals surface area contributed by atoms with Gasteiger partial charge < -0.3 is 10.1 Å². The van der Waals surface area contributed by atoms with Crippen LogP contribution in [-0.2, 0) is 11.2 Å². The number of aromatic nitrogens is 1. The van der Waals surface area contributed by atoms with Gasteiger partial charge in [-0.1, -0.05) is 12.1 Å². The molecule has 1 amide bonds. The van der Waals surface area contributed by atoms with Crippen LogP contribution in [0.3, 0.4) is 0 Å². The number of methoxy groups -OCH3 is 1. The lowest BCUT2D eigenvalue weighted by molar-refractivity contribution is -0.118. The lowest BCUT2D eigenvalue weighted by Gasteiger charge is -2.06. The highest BCUT2D eigenvalue weighted by Gasteiger charge is 2.03. The van der Waals surface area contributed by atoms with Crippen LogP contribution in [0.2, 0.25) is 0 Å². The Balaban J connectivity index is 1.70. The summed E-state index contributed by atoms with van der Waals surface area (Å²) >= 11 is 1.50. The molecule has 0 saturated carbocycles. The molecule has 0 radical (unpaired) electrons. The number of ether oxygens (including phenoxy) is 1. The highest BCUT2D eigenvalue weighted by molar-refractivity contribution is 8.00. The van der Waals surface area contributed by atoms with Crippen molar-refractivity contribution in [3.05, 3.63) is 54.4 Å². The lowest BCUT2D eigenvalue weighted by atomic mass is 10.2. The summed E-state index contributed by atoms with van der Waals surface area (Å²) < 4.78 is 5.16. The predicted octanol–water partition coefficient (Wildman–Crippen LogP) is 2.54. The van der Waals surface area contributed by atoms with E-state index in [1.54, 1.807) is 13.3 Å². The molecule has 0 aliphatic rings. The van der Waals surface area contributed by atoms with E-state index in [-0.39, 0.29) is 5.91 Å². The second-order valence-electron chi connectivity index (χ2n) is 4.43. The van der Waals surface area contributed by atoms with Crippen molar-refractivity contribution in [2.24, 2.45) is 0 Å². The minimum Gasteiger partial charge on any atom is -0.497 e. The molecule has 0 aliphatic carbocycles. The van der Waals surface area contributed by atoms with E-state index in [0.717, 1.165) is 22.6 Å². The topological polar surface area (TPSA) is 51.2 Å². The zero-order chi connectivity index (χ0) is 14.9. The number of nitrogens with one attached hydrogen (secondary N) is 1. The minimum absolute atomic E-state index is 0.0340. The quantitative estimate of drug-likeness (QED) is 0.799. The van der Waals surface area contributed by atoms with Crippen molar-refractivity contribution < 1.29 is 9.53 Å². The molecule has 0 fully saturated rings. The van der Waals surface area contributed by atoms with Gasteiger partial charge in [-0.3, -0.25) is 9.78 Å². The summed E-state index contributed by atoms with van der Waals surface area (Å²) in [7, 11) is 1.63.